The third kappa shape index (κ3) is 3.39. The van der Waals surface area contributed by atoms with Gasteiger partial charge in [0.05, 0.1) is 17.7 Å². The van der Waals surface area contributed by atoms with Crippen LogP contribution in [0.4, 0.5) is 0 Å². The number of benzene rings is 3. The van der Waals surface area contributed by atoms with Gasteiger partial charge < -0.3 is 15.0 Å². The van der Waals surface area contributed by atoms with Crippen LogP contribution in [0.25, 0.3) is 22.0 Å². The Hall–Kier alpha value is -2.88. The summed E-state index contributed by atoms with van der Waals surface area (Å²) in [6.45, 7) is 0.521. The summed E-state index contributed by atoms with van der Waals surface area (Å²) in [6, 6.07) is 29.0. The molecule has 0 amide bonds. The number of fused-ring (bicyclic) bond motifs is 1. The summed E-state index contributed by atoms with van der Waals surface area (Å²) < 4.78 is 2.22. The van der Waals surface area contributed by atoms with Crippen LogP contribution in [0.5, 0.6) is 0 Å². The van der Waals surface area contributed by atoms with Gasteiger partial charge in [0, 0.05) is 23.7 Å². The maximum absolute atomic E-state index is 11.0. The molecule has 2 atom stereocenters. The fourth-order valence-electron chi connectivity index (χ4n) is 3.84. The van der Waals surface area contributed by atoms with Crippen LogP contribution < -0.4 is 5.32 Å². The van der Waals surface area contributed by atoms with Crippen molar-refractivity contribution >= 4 is 10.9 Å². The lowest BCUT2D eigenvalue weighted by Crippen LogP contribution is -2.33. The van der Waals surface area contributed by atoms with E-state index in [0.717, 1.165) is 11.1 Å². The molecule has 3 nitrogen and oxygen atoms in total. The number of para-hydroxylation sites is 1. The van der Waals surface area contributed by atoms with Gasteiger partial charge in [0.1, 0.15) is 0 Å². The minimum absolute atomic E-state index is 0.166. The molecule has 3 heteroatoms. The first-order chi connectivity index (χ1) is 13.3. The molecule has 4 aromatic rings. The lowest BCUT2D eigenvalue weighted by molar-refractivity contribution is 0.132. The molecule has 0 saturated carbocycles. The van der Waals surface area contributed by atoms with Crippen LogP contribution in [0.2, 0.25) is 0 Å². The number of aliphatic hydroxyl groups excluding tert-OH is 1. The highest BCUT2D eigenvalue weighted by Gasteiger charge is 2.24. The fourth-order valence-corrected chi connectivity index (χ4v) is 3.84. The lowest BCUT2D eigenvalue weighted by Gasteiger charge is -2.27. The predicted molar refractivity (Wildman–Crippen MR) is 112 cm³/mol. The van der Waals surface area contributed by atoms with Crippen LogP contribution in [0.15, 0.2) is 91.1 Å². The van der Waals surface area contributed by atoms with Gasteiger partial charge in [0.15, 0.2) is 0 Å². The van der Waals surface area contributed by atoms with Gasteiger partial charge in [-0.2, -0.15) is 0 Å². The van der Waals surface area contributed by atoms with Gasteiger partial charge in [0.25, 0.3) is 0 Å². The predicted octanol–water partition coefficient (Wildman–Crippen LogP) is 4.48. The quantitative estimate of drug-likeness (QED) is 0.534. The highest BCUT2D eigenvalue weighted by molar-refractivity contribution is 5.95. The van der Waals surface area contributed by atoms with Crippen LogP contribution in [0.1, 0.15) is 11.6 Å². The molecule has 136 valence electrons. The SMILES string of the molecule is CNCC(O)C(c1ccccc1)n1ccc2cccc(-c3ccccc3)c21. The molecule has 0 radical (unpaired) electrons. The fraction of sp³-hybridized carbons (Fsp3) is 0.167. The van der Waals surface area contributed by atoms with E-state index in [0.29, 0.717) is 6.54 Å². The molecule has 4 rings (SSSR count). The molecule has 2 unspecified atom stereocenters. The Labute approximate surface area is 159 Å². The van der Waals surface area contributed by atoms with Crippen LogP contribution >= 0.6 is 0 Å². The highest BCUT2D eigenvalue weighted by Crippen LogP contribution is 2.34. The third-order valence-corrected chi connectivity index (χ3v) is 5.04. The van der Waals surface area contributed by atoms with Crippen molar-refractivity contribution in [2.75, 3.05) is 13.6 Å². The number of rotatable bonds is 6. The summed E-state index contributed by atoms with van der Waals surface area (Å²) in [5.74, 6) is 0. The second-order valence-electron chi connectivity index (χ2n) is 6.81. The van der Waals surface area contributed by atoms with E-state index in [1.165, 1.54) is 16.5 Å². The summed E-state index contributed by atoms with van der Waals surface area (Å²) in [7, 11) is 1.87. The van der Waals surface area contributed by atoms with Crippen molar-refractivity contribution in [3.8, 4) is 11.1 Å². The van der Waals surface area contributed by atoms with E-state index in [2.05, 4.69) is 76.7 Å². The minimum atomic E-state index is -0.545. The Morgan fingerprint density at radius 3 is 2.26 bits per heavy atom. The first-order valence-corrected chi connectivity index (χ1v) is 9.32. The molecule has 0 bridgehead atoms. The molecule has 2 N–H and O–H groups in total. The lowest BCUT2D eigenvalue weighted by atomic mass is 9.99. The maximum Gasteiger partial charge on any atom is 0.0912 e. The van der Waals surface area contributed by atoms with E-state index in [4.69, 9.17) is 0 Å². The Bertz CT molecular complexity index is 1010. The molecule has 0 aliphatic carbocycles. The molecule has 0 aliphatic heterocycles. The van der Waals surface area contributed by atoms with E-state index in [-0.39, 0.29) is 6.04 Å². The summed E-state index contributed by atoms with van der Waals surface area (Å²) in [6.07, 6.45) is 1.55. The van der Waals surface area contributed by atoms with E-state index in [1.807, 2.05) is 31.3 Å². The van der Waals surface area contributed by atoms with Crippen LogP contribution in [-0.2, 0) is 0 Å². The summed E-state index contributed by atoms with van der Waals surface area (Å²) in [5, 5.41) is 15.3. The average Bonchev–Trinajstić information content (AvgIpc) is 3.14. The van der Waals surface area contributed by atoms with Gasteiger partial charge in [-0.15, -0.1) is 0 Å². The number of hydrogen-bond donors (Lipinski definition) is 2. The molecule has 27 heavy (non-hydrogen) atoms. The van der Waals surface area contributed by atoms with Crippen molar-refractivity contribution < 1.29 is 5.11 Å². The number of nitrogens with zero attached hydrogens (tertiary/aromatic N) is 1. The number of nitrogens with one attached hydrogen (secondary N) is 1. The topological polar surface area (TPSA) is 37.2 Å². The van der Waals surface area contributed by atoms with Gasteiger partial charge in [0.2, 0.25) is 0 Å². The molecular formula is C24H24N2O. The van der Waals surface area contributed by atoms with E-state index < -0.39 is 6.10 Å². The van der Waals surface area contributed by atoms with Crippen molar-refractivity contribution in [1.29, 1.82) is 0 Å². The zero-order chi connectivity index (χ0) is 18.6. The highest BCUT2D eigenvalue weighted by atomic mass is 16.3. The summed E-state index contributed by atoms with van der Waals surface area (Å²) in [5.41, 5.74) is 4.60. The number of hydrogen-bond acceptors (Lipinski definition) is 2. The normalized spacial score (nSPS) is 13.6. The monoisotopic (exact) mass is 356 g/mol. The van der Waals surface area contributed by atoms with Crippen molar-refractivity contribution in [2.45, 2.75) is 12.1 Å². The third-order valence-electron chi connectivity index (χ3n) is 5.04. The maximum atomic E-state index is 11.0. The second-order valence-corrected chi connectivity index (χ2v) is 6.81. The van der Waals surface area contributed by atoms with Gasteiger partial charge in [-0.05, 0) is 24.2 Å². The molecule has 1 aromatic heterocycles. The van der Waals surface area contributed by atoms with E-state index in [9.17, 15) is 5.11 Å². The Balaban J connectivity index is 1.93. The van der Waals surface area contributed by atoms with Crippen molar-refractivity contribution in [3.05, 3.63) is 96.7 Å². The number of likely N-dealkylation sites (N-methyl/N-ethyl adjacent to an activating group) is 1. The Morgan fingerprint density at radius 1 is 0.852 bits per heavy atom. The van der Waals surface area contributed by atoms with Crippen molar-refractivity contribution in [3.63, 3.8) is 0 Å². The van der Waals surface area contributed by atoms with E-state index >= 15 is 0 Å². The number of aromatic nitrogens is 1. The standard InChI is InChI=1S/C24H24N2O/c1-25-17-22(27)24(19-11-6-3-7-12-19)26-16-15-20-13-8-14-21(23(20)26)18-9-4-2-5-10-18/h2-16,22,24-25,27H,17H2,1H3. The van der Waals surface area contributed by atoms with Gasteiger partial charge in [-0.1, -0.05) is 78.9 Å². The molecule has 0 spiro atoms. The molecule has 3 aromatic carbocycles. The Kier molecular flexibility index (Phi) is 5.05. The molecule has 1 heterocycles. The van der Waals surface area contributed by atoms with Gasteiger partial charge >= 0.3 is 0 Å². The second kappa shape index (κ2) is 7.78. The van der Waals surface area contributed by atoms with Crippen molar-refractivity contribution in [1.82, 2.24) is 9.88 Å². The average molecular weight is 356 g/mol. The summed E-state index contributed by atoms with van der Waals surface area (Å²) in [4.78, 5) is 0. The molecule has 0 aliphatic rings. The summed E-state index contributed by atoms with van der Waals surface area (Å²) >= 11 is 0. The first kappa shape index (κ1) is 17.5. The molecule has 0 fully saturated rings. The van der Waals surface area contributed by atoms with Crippen LogP contribution in [0.3, 0.4) is 0 Å². The minimum Gasteiger partial charge on any atom is -0.389 e. The zero-order valence-corrected chi connectivity index (χ0v) is 15.4. The first-order valence-electron chi connectivity index (χ1n) is 9.32. The smallest absolute Gasteiger partial charge is 0.0912 e. The molecule has 0 saturated heterocycles. The van der Waals surface area contributed by atoms with Crippen molar-refractivity contribution in [2.24, 2.45) is 0 Å². The largest absolute Gasteiger partial charge is 0.389 e. The zero-order valence-electron chi connectivity index (χ0n) is 15.4. The van der Waals surface area contributed by atoms with Crippen LogP contribution in [0, 0.1) is 0 Å². The van der Waals surface area contributed by atoms with Gasteiger partial charge in [-0.3, -0.25) is 0 Å². The van der Waals surface area contributed by atoms with Crippen LogP contribution in [-0.4, -0.2) is 29.4 Å². The molecular weight excluding hydrogens is 332 g/mol. The number of aliphatic hydroxyl groups is 1. The van der Waals surface area contributed by atoms with E-state index in [1.54, 1.807) is 0 Å². The van der Waals surface area contributed by atoms with Gasteiger partial charge in [-0.25, -0.2) is 0 Å². The Morgan fingerprint density at radius 2 is 1.56 bits per heavy atom.